The third-order valence-corrected chi connectivity index (χ3v) is 4.52. The van der Waals surface area contributed by atoms with Crippen molar-refractivity contribution in [1.29, 1.82) is 0 Å². The fourth-order valence-corrected chi connectivity index (χ4v) is 2.73. The Morgan fingerprint density at radius 2 is 1.38 bits per heavy atom. The maximum absolute atomic E-state index is 9.44. The van der Waals surface area contributed by atoms with Gasteiger partial charge in [-0.05, 0) is 56.9 Å². The SMILES string of the molecule is CC(C)=CCC[C@@](C)(/C=C/c1ccc(C)cc1)/C=C/c1ccc(O)cc1. The Balaban J connectivity index is 2.20. The average Bonchev–Trinajstić information content (AvgIpc) is 2.61. The molecule has 0 fully saturated rings. The van der Waals surface area contributed by atoms with E-state index in [9.17, 15) is 5.11 Å². The van der Waals surface area contributed by atoms with Crippen LogP contribution in [-0.2, 0) is 0 Å². The highest BCUT2D eigenvalue weighted by molar-refractivity contribution is 5.55. The Morgan fingerprint density at radius 1 is 0.885 bits per heavy atom. The van der Waals surface area contributed by atoms with Crippen LogP contribution in [0.2, 0.25) is 0 Å². The van der Waals surface area contributed by atoms with Gasteiger partial charge in [-0.2, -0.15) is 0 Å². The lowest BCUT2D eigenvalue weighted by Gasteiger charge is -2.21. The van der Waals surface area contributed by atoms with E-state index >= 15 is 0 Å². The van der Waals surface area contributed by atoms with Crippen LogP contribution < -0.4 is 0 Å². The van der Waals surface area contributed by atoms with E-state index in [1.807, 2.05) is 12.1 Å². The lowest BCUT2D eigenvalue weighted by molar-refractivity contribution is 0.475. The summed E-state index contributed by atoms with van der Waals surface area (Å²) in [5, 5.41) is 9.44. The highest BCUT2D eigenvalue weighted by Crippen LogP contribution is 2.30. The van der Waals surface area contributed by atoms with Crippen molar-refractivity contribution in [2.45, 2.75) is 40.5 Å². The van der Waals surface area contributed by atoms with Crippen molar-refractivity contribution in [2.75, 3.05) is 0 Å². The standard InChI is InChI=1S/C25H30O/c1-20(2)6-5-17-25(4,18-15-22-9-7-21(3)8-10-22)19-16-23-11-13-24(26)14-12-23/h6-16,18-19,26H,5,17H2,1-4H3/b18-15+,19-16+/t25-/m0/s1. The van der Waals surface area contributed by atoms with Crippen LogP contribution in [0.25, 0.3) is 12.2 Å². The van der Waals surface area contributed by atoms with Crippen LogP contribution in [0.15, 0.2) is 72.3 Å². The Morgan fingerprint density at radius 3 is 1.88 bits per heavy atom. The van der Waals surface area contributed by atoms with Crippen LogP contribution in [0, 0.1) is 12.3 Å². The van der Waals surface area contributed by atoms with E-state index in [2.05, 4.69) is 82.3 Å². The normalized spacial score (nSPS) is 13.8. The van der Waals surface area contributed by atoms with Crippen molar-refractivity contribution in [2.24, 2.45) is 5.41 Å². The zero-order valence-electron chi connectivity index (χ0n) is 16.4. The van der Waals surface area contributed by atoms with Crippen LogP contribution in [0.3, 0.4) is 0 Å². The van der Waals surface area contributed by atoms with Crippen LogP contribution in [-0.4, -0.2) is 5.11 Å². The molecule has 0 bridgehead atoms. The molecule has 1 N–H and O–H groups in total. The average molecular weight is 347 g/mol. The molecule has 1 heteroatoms. The van der Waals surface area contributed by atoms with Crippen molar-refractivity contribution in [1.82, 2.24) is 0 Å². The zero-order chi connectivity index (χ0) is 19.0. The van der Waals surface area contributed by atoms with Crippen molar-refractivity contribution in [3.63, 3.8) is 0 Å². The molecule has 1 nitrogen and oxygen atoms in total. The van der Waals surface area contributed by atoms with Gasteiger partial charge >= 0.3 is 0 Å². The quantitative estimate of drug-likeness (QED) is 0.526. The van der Waals surface area contributed by atoms with E-state index in [1.54, 1.807) is 12.1 Å². The summed E-state index contributed by atoms with van der Waals surface area (Å²) >= 11 is 0. The van der Waals surface area contributed by atoms with Crippen molar-refractivity contribution in [3.8, 4) is 5.75 Å². The first-order valence-electron chi connectivity index (χ1n) is 9.24. The summed E-state index contributed by atoms with van der Waals surface area (Å²) in [4.78, 5) is 0. The minimum atomic E-state index is -0.0330. The molecule has 26 heavy (non-hydrogen) atoms. The third-order valence-electron chi connectivity index (χ3n) is 4.52. The van der Waals surface area contributed by atoms with Crippen molar-refractivity contribution in [3.05, 3.63) is 89.0 Å². The van der Waals surface area contributed by atoms with Crippen LogP contribution >= 0.6 is 0 Å². The maximum atomic E-state index is 9.44. The number of aromatic hydroxyl groups is 1. The maximum Gasteiger partial charge on any atom is 0.115 e. The Hall–Kier alpha value is -2.54. The van der Waals surface area contributed by atoms with E-state index in [0.29, 0.717) is 5.75 Å². The summed E-state index contributed by atoms with van der Waals surface area (Å²) < 4.78 is 0. The highest BCUT2D eigenvalue weighted by atomic mass is 16.3. The number of phenols is 1. The molecule has 0 aliphatic rings. The minimum absolute atomic E-state index is 0.0330. The van der Waals surface area contributed by atoms with E-state index in [-0.39, 0.29) is 5.41 Å². The van der Waals surface area contributed by atoms with Gasteiger partial charge in [-0.15, -0.1) is 0 Å². The van der Waals surface area contributed by atoms with E-state index in [0.717, 1.165) is 18.4 Å². The van der Waals surface area contributed by atoms with E-state index in [1.165, 1.54) is 16.7 Å². The summed E-state index contributed by atoms with van der Waals surface area (Å²) in [5.74, 6) is 0.299. The number of allylic oxidation sites excluding steroid dienone is 4. The highest BCUT2D eigenvalue weighted by Gasteiger charge is 2.16. The fourth-order valence-electron chi connectivity index (χ4n) is 2.73. The first kappa shape index (κ1) is 19.8. The largest absolute Gasteiger partial charge is 0.508 e. The molecule has 1 atom stereocenters. The topological polar surface area (TPSA) is 20.2 Å². The number of phenolic OH excluding ortho intramolecular Hbond substituents is 1. The minimum Gasteiger partial charge on any atom is -0.508 e. The summed E-state index contributed by atoms with van der Waals surface area (Å²) in [6.45, 7) is 8.67. The molecule has 0 radical (unpaired) electrons. The van der Waals surface area contributed by atoms with Gasteiger partial charge in [-0.1, -0.05) is 84.8 Å². The molecular formula is C25H30O. The summed E-state index contributed by atoms with van der Waals surface area (Å²) in [7, 11) is 0. The van der Waals surface area contributed by atoms with Gasteiger partial charge in [-0.25, -0.2) is 0 Å². The van der Waals surface area contributed by atoms with Crippen molar-refractivity contribution < 1.29 is 5.11 Å². The predicted octanol–water partition coefficient (Wildman–Crippen LogP) is 7.18. The van der Waals surface area contributed by atoms with Gasteiger partial charge in [0.2, 0.25) is 0 Å². The zero-order valence-corrected chi connectivity index (χ0v) is 16.4. The molecule has 0 spiro atoms. The lowest BCUT2D eigenvalue weighted by atomic mass is 9.83. The van der Waals surface area contributed by atoms with Gasteiger partial charge in [0.15, 0.2) is 0 Å². The van der Waals surface area contributed by atoms with E-state index in [4.69, 9.17) is 0 Å². The third kappa shape index (κ3) is 6.76. The van der Waals surface area contributed by atoms with Gasteiger partial charge in [-0.3, -0.25) is 0 Å². The number of rotatable bonds is 7. The summed E-state index contributed by atoms with van der Waals surface area (Å²) in [6.07, 6.45) is 13.3. The second kappa shape index (κ2) is 9.24. The molecule has 0 saturated carbocycles. The molecule has 0 unspecified atom stereocenters. The molecule has 2 aromatic carbocycles. The van der Waals surface area contributed by atoms with Crippen LogP contribution in [0.5, 0.6) is 5.75 Å². The molecule has 2 rings (SSSR count). The molecule has 2 aromatic rings. The molecule has 0 aliphatic heterocycles. The molecule has 0 amide bonds. The van der Waals surface area contributed by atoms with Gasteiger partial charge in [0, 0.05) is 5.41 Å². The number of hydrogen-bond donors (Lipinski definition) is 1. The Bertz CT molecular complexity index is 714. The monoisotopic (exact) mass is 346 g/mol. The van der Waals surface area contributed by atoms with Crippen LogP contribution in [0.4, 0.5) is 0 Å². The van der Waals surface area contributed by atoms with Gasteiger partial charge < -0.3 is 5.11 Å². The summed E-state index contributed by atoms with van der Waals surface area (Å²) in [5.41, 5.74) is 4.93. The molecule has 0 saturated heterocycles. The fraction of sp³-hybridized carbons (Fsp3) is 0.280. The predicted molar refractivity (Wildman–Crippen MR) is 114 cm³/mol. The second-order valence-electron chi connectivity index (χ2n) is 7.49. The van der Waals surface area contributed by atoms with Crippen LogP contribution in [0.1, 0.15) is 50.3 Å². The van der Waals surface area contributed by atoms with E-state index < -0.39 is 0 Å². The first-order valence-corrected chi connectivity index (χ1v) is 9.24. The smallest absolute Gasteiger partial charge is 0.115 e. The number of benzene rings is 2. The molecular weight excluding hydrogens is 316 g/mol. The molecule has 0 aromatic heterocycles. The second-order valence-corrected chi connectivity index (χ2v) is 7.49. The number of hydrogen-bond acceptors (Lipinski definition) is 1. The lowest BCUT2D eigenvalue weighted by Crippen LogP contribution is -2.09. The number of aryl methyl sites for hydroxylation is 1. The Kier molecular flexibility index (Phi) is 7.03. The molecule has 0 aliphatic carbocycles. The van der Waals surface area contributed by atoms with Crippen molar-refractivity contribution >= 4 is 12.2 Å². The molecule has 0 heterocycles. The van der Waals surface area contributed by atoms with Gasteiger partial charge in [0.1, 0.15) is 5.75 Å². The first-order chi connectivity index (χ1) is 12.4. The van der Waals surface area contributed by atoms with Gasteiger partial charge in [0.05, 0.1) is 0 Å². The molecule has 136 valence electrons. The summed E-state index contributed by atoms with van der Waals surface area (Å²) in [6, 6.07) is 15.9. The Labute approximate surface area is 158 Å². The van der Waals surface area contributed by atoms with Gasteiger partial charge in [0.25, 0.3) is 0 Å².